The number of carbonyl (C=O) groups excluding carboxylic acids is 2. The zero-order valence-corrected chi connectivity index (χ0v) is 35.6. The normalized spacial score (nSPS) is 13.8. The molecule has 0 aliphatic heterocycles. The Morgan fingerprint density at radius 3 is 1.46 bits per heavy atom. The molecule has 0 aromatic carbocycles. The molecule has 0 aliphatic carbocycles. The molecule has 54 heavy (non-hydrogen) atoms. The summed E-state index contributed by atoms with van der Waals surface area (Å²) in [6.07, 6.45) is 48.9. The number of allylic oxidation sites excluding steroid dienone is 8. The van der Waals surface area contributed by atoms with Gasteiger partial charge >= 0.3 is 5.97 Å². The van der Waals surface area contributed by atoms with Crippen LogP contribution in [0.1, 0.15) is 220 Å². The van der Waals surface area contributed by atoms with Gasteiger partial charge in [-0.1, -0.05) is 191 Å². The van der Waals surface area contributed by atoms with Gasteiger partial charge in [0.1, 0.15) is 6.10 Å². The predicted octanol–water partition coefficient (Wildman–Crippen LogP) is 13.1. The van der Waals surface area contributed by atoms with E-state index in [0.717, 1.165) is 70.6 Å². The van der Waals surface area contributed by atoms with Crippen molar-refractivity contribution in [2.24, 2.45) is 0 Å². The highest BCUT2D eigenvalue weighted by molar-refractivity contribution is 5.77. The number of unbranched alkanes of at least 4 members (excludes halogenated alkanes) is 20. The van der Waals surface area contributed by atoms with Gasteiger partial charge in [-0.3, -0.25) is 9.59 Å². The summed E-state index contributed by atoms with van der Waals surface area (Å²) in [5.74, 6) is -0.531. The molecule has 3 unspecified atom stereocenters. The number of carbonyl (C=O) groups is 2. The van der Waals surface area contributed by atoms with Crippen molar-refractivity contribution in [1.82, 2.24) is 5.32 Å². The van der Waals surface area contributed by atoms with Crippen molar-refractivity contribution in [3.8, 4) is 0 Å². The molecule has 0 heterocycles. The van der Waals surface area contributed by atoms with Crippen molar-refractivity contribution in [3.63, 3.8) is 0 Å². The van der Waals surface area contributed by atoms with E-state index in [-0.39, 0.29) is 24.9 Å². The van der Waals surface area contributed by atoms with E-state index in [1.165, 1.54) is 103 Å². The zero-order chi connectivity index (χ0) is 39.6. The number of hydrogen-bond donors (Lipinski definition) is 3. The molecule has 314 valence electrons. The van der Waals surface area contributed by atoms with Crippen LogP contribution in [-0.4, -0.2) is 46.9 Å². The molecule has 0 bridgehead atoms. The largest absolute Gasteiger partial charge is 0.462 e. The molecule has 0 spiro atoms. The summed E-state index contributed by atoms with van der Waals surface area (Å²) in [5, 5.41) is 23.5. The zero-order valence-electron chi connectivity index (χ0n) is 35.6. The SMILES string of the molecule is CCCCC/C=C\C/C=C\C/C=C\C/C=C\CCCC(CC(=O)NC(CO)C(O)CCCCCCCCCCC)OC(=O)CCCCCCCCCCC. The predicted molar refractivity (Wildman–Crippen MR) is 232 cm³/mol. The molecule has 0 aromatic heterocycles. The van der Waals surface area contributed by atoms with Crippen LogP contribution in [0.5, 0.6) is 0 Å². The van der Waals surface area contributed by atoms with E-state index >= 15 is 0 Å². The first kappa shape index (κ1) is 51.8. The van der Waals surface area contributed by atoms with E-state index < -0.39 is 18.2 Å². The van der Waals surface area contributed by atoms with Crippen LogP contribution in [0.15, 0.2) is 48.6 Å². The summed E-state index contributed by atoms with van der Waals surface area (Å²) in [5.41, 5.74) is 0. The first-order valence-electron chi connectivity index (χ1n) is 22.9. The molecule has 6 nitrogen and oxygen atoms in total. The lowest BCUT2D eigenvalue weighted by Gasteiger charge is -2.24. The van der Waals surface area contributed by atoms with Crippen LogP contribution in [0.3, 0.4) is 0 Å². The van der Waals surface area contributed by atoms with E-state index in [1.807, 2.05) is 0 Å². The summed E-state index contributed by atoms with van der Waals surface area (Å²) >= 11 is 0. The smallest absolute Gasteiger partial charge is 0.306 e. The quantitative estimate of drug-likeness (QED) is 0.0329. The molecule has 3 atom stereocenters. The van der Waals surface area contributed by atoms with Crippen molar-refractivity contribution < 1.29 is 24.5 Å². The van der Waals surface area contributed by atoms with Crippen LogP contribution < -0.4 is 5.32 Å². The van der Waals surface area contributed by atoms with Gasteiger partial charge in [0.25, 0.3) is 0 Å². The third kappa shape index (κ3) is 36.8. The average Bonchev–Trinajstić information content (AvgIpc) is 3.16. The standard InChI is InChI=1S/C48H87NO5/c1-4-7-10-13-16-19-20-21-22-23-24-25-26-29-30-33-36-39-44(54-48(53)41-38-35-32-28-18-15-12-9-6-3)42-47(52)49-45(43-50)46(51)40-37-34-31-27-17-14-11-8-5-2/h16,19,21-22,24-25,29-30,44-46,50-51H,4-15,17-18,20,23,26-28,31-43H2,1-3H3,(H,49,52)/b19-16-,22-21-,25-24-,30-29-. The first-order chi connectivity index (χ1) is 26.5. The van der Waals surface area contributed by atoms with E-state index in [4.69, 9.17) is 4.74 Å². The molecule has 3 N–H and O–H groups in total. The van der Waals surface area contributed by atoms with Crippen molar-refractivity contribution in [2.45, 2.75) is 238 Å². The van der Waals surface area contributed by atoms with Gasteiger partial charge in [-0.2, -0.15) is 0 Å². The Labute approximate surface area is 334 Å². The number of rotatable bonds is 40. The maximum absolute atomic E-state index is 13.1. The minimum Gasteiger partial charge on any atom is -0.462 e. The maximum atomic E-state index is 13.1. The maximum Gasteiger partial charge on any atom is 0.306 e. The molecule has 0 rings (SSSR count). The van der Waals surface area contributed by atoms with Gasteiger partial charge in [0.2, 0.25) is 5.91 Å². The van der Waals surface area contributed by atoms with Crippen LogP contribution in [0.25, 0.3) is 0 Å². The second-order valence-electron chi connectivity index (χ2n) is 15.5. The minimum atomic E-state index is -0.798. The highest BCUT2D eigenvalue weighted by Crippen LogP contribution is 2.16. The van der Waals surface area contributed by atoms with Gasteiger partial charge < -0.3 is 20.3 Å². The third-order valence-corrected chi connectivity index (χ3v) is 10.2. The van der Waals surface area contributed by atoms with Gasteiger partial charge in [-0.25, -0.2) is 0 Å². The second kappa shape index (κ2) is 42.0. The van der Waals surface area contributed by atoms with Crippen LogP contribution >= 0.6 is 0 Å². The van der Waals surface area contributed by atoms with Crippen LogP contribution in [-0.2, 0) is 14.3 Å². The fourth-order valence-corrected chi connectivity index (χ4v) is 6.65. The van der Waals surface area contributed by atoms with Crippen molar-refractivity contribution in [1.29, 1.82) is 0 Å². The van der Waals surface area contributed by atoms with Crippen LogP contribution in [0.4, 0.5) is 0 Å². The fraction of sp³-hybridized carbons (Fsp3) is 0.792. The van der Waals surface area contributed by atoms with E-state index in [0.29, 0.717) is 19.3 Å². The monoisotopic (exact) mass is 758 g/mol. The molecule has 0 aliphatic rings. The molecule has 1 amide bonds. The fourth-order valence-electron chi connectivity index (χ4n) is 6.65. The van der Waals surface area contributed by atoms with Gasteiger partial charge in [-0.15, -0.1) is 0 Å². The summed E-state index contributed by atoms with van der Waals surface area (Å²) in [6, 6.07) is -0.714. The lowest BCUT2D eigenvalue weighted by atomic mass is 10.0. The highest BCUT2D eigenvalue weighted by atomic mass is 16.5. The Morgan fingerprint density at radius 1 is 0.537 bits per heavy atom. The van der Waals surface area contributed by atoms with Crippen molar-refractivity contribution in [2.75, 3.05) is 6.61 Å². The minimum absolute atomic E-state index is 0.0410. The Kier molecular flexibility index (Phi) is 40.3. The van der Waals surface area contributed by atoms with Crippen molar-refractivity contribution in [3.05, 3.63) is 48.6 Å². The summed E-state index contributed by atoms with van der Waals surface area (Å²) < 4.78 is 5.86. The van der Waals surface area contributed by atoms with Gasteiger partial charge in [-0.05, 0) is 64.2 Å². The summed E-state index contributed by atoms with van der Waals surface area (Å²) in [6.45, 7) is 6.38. The number of aliphatic hydroxyl groups is 2. The highest BCUT2D eigenvalue weighted by Gasteiger charge is 2.24. The van der Waals surface area contributed by atoms with E-state index in [9.17, 15) is 19.8 Å². The van der Waals surface area contributed by atoms with Gasteiger partial charge in [0, 0.05) is 6.42 Å². The lowest BCUT2D eigenvalue weighted by Crippen LogP contribution is -2.46. The summed E-state index contributed by atoms with van der Waals surface area (Å²) in [7, 11) is 0. The Balaban J connectivity index is 4.70. The van der Waals surface area contributed by atoms with Gasteiger partial charge in [0.05, 0.1) is 25.2 Å². The molecule has 6 heteroatoms. The summed E-state index contributed by atoms with van der Waals surface area (Å²) in [4.78, 5) is 25.9. The lowest BCUT2D eigenvalue weighted by molar-refractivity contribution is -0.151. The molecule has 0 saturated carbocycles. The Hall–Kier alpha value is -2.18. The van der Waals surface area contributed by atoms with E-state index in [2.05, 4.69) is 74.7 Å². The number of nitrogens with one attached hydrogen (secondary N) is 1. The third-order valence-electron chi connectivity index (χ3n) is 10.2. The molecular formula is C48H87NO5. The van der Waals surface area contributed by atoms with Gasteiger partial charge in [0.15, 0.2) is 0 Å². The van der Waals surface area contributed by atoms with Crippen molar-refractivity contribution >= 4 is 11.9 Å². The van der Waals surface area contributed by atoms with Crippen LogP contribution in [0.2, 0.25) is 0 Å². The number of hydrogen-bond acceptors (Lipinski definition) is 5. The molecule has 0 saturated heterocycles. The average molecular weight is 758 g/mol. The topological polar surface area (TPSA) is 95.9 Å². The molecule has 0 aromatic rings. The Bertz CT molecular complexity index is 941. The molecule has 0 fully saturated rings. The molecular weight excluding hydrogens is 671 g/mol. The molecule has 0 radical (unpaired) electrons. The first-order valence-corrected chi connectivity index (χ1v) is 22.9. The number of aliphatic hydroxyl groups excluding tert-OH is 2. The number of ether oxygens (including phenoxy) is 1. The number of amides is 1. The van der Waals surface area contributed by atoms with Crippen LogP contribution in [0, 0.1) is 0 Å². The Morgan fingerprint density at radius 2 is 0.963 bits per heavy atom. The second-order valence-corrected chi connectivity index (χ2v) is 15.5. The van der Waals surface area contributed by atoms with E-state index in [1.54, 1.807) is 0 Å². The number of esters is 1.